The molecule has 0 aromatic carbocycles. The first-order valence-corrected chi connectivity index (χ1v) is 7.46. The number of unbranched alkanes of at least 4 members (excludes halogenated alkanes) is 3. The van der Waals surface area contributed by atoms with E-state index in [1.54, 1.807) is 0 Å². The Bertz CT molecular complexity index is 412. The first-order valence-electron chi connectivity index (χ1n) is 7.46. The summed E-state index contributed by atoms with van der Waals surface area (Å²) in [5, 5.41) is 3.23. The van der Waals surface area contributed by atoms with E-state index in [2.05, 4.69) is 29.1 Å². The Morgan fingerprint density at radius 1 is 1.26 bits per heavy atom. The SMILES string of the molecule is CCc1nc(NCCCCCCC(C)C)cc(=O)[nH]1. The summed E-state index contributed by atoms with van der Waals surface area (Å²) in [5.74, 6) is 2.25. The van der Waals surface area contributed by atoms with Crippen LogP contribution in [-0.2, 0) is 6.42 Å². The number of nitrogens with one attached hydrogen (secondary N) is 2. The maximum Gasteiger partial charge on any atom is 0.252 e. The summed E-state index contributed by atoms with van der Waals surface area (Å²) in [7, 11) is 0. The molecular formula is C15H27N3O. The molecule has 0 saturated heterocycles. The Morgan fingerprint density at radius 3 is 2.68 bits per heavy atom. The Morgan fingerprint density at radius 2 is 2.00 bits per heavy atom. The van der Waals surface area contributed by atoms with Gasteiger partial charge in [-0.05, 0) is 12.3 Å². The molecule has 0 aliphatic carbocycles. The van der Waals surface area contributed by atoms with Gasteiger partial charge in [0.2, 0.25) is 0 Å². The lowest BCUT2D eigenvalue weighted by molar-refractivity contribution is 0.523. The Balaban J connectivity index is 2.19. The minimum atomic E-state index is -0.0775. The molecule has 0 radical (unpaired) electrons. The third-order valence-electron chi connectivity index (χ3n) is 3.14. The van der Waals surface area contributed by atoms with Crippen LogP contribution >= 0.6 is 0 Å². The molecule has 2 N–H and O–H groups in total. The highest BCUT2D eigenvalue weighted by Crippen LogP contribution is 2.09. The van der Waals surface area contributed by atoms with E-state index in [1.807, 2.05) is 6.92 Å². The minimum absolute atomic E-state index is 0.0775. The summed E-state index contributed by atoms with van der Waals surface area (Å²) in [6.45, 7) is 7.41. The summed E-state index contributed by atoms with van der Waals surface area (Å²) >= 11 is 0. The van der Waals surface area contributed by atoms with Crippen molar-refractivity contribution in [1.29, 1.82) is 0 Å². The number of rotatable bonds is 9. The van der Waals surface area contributed by atoms with Gasteiger partial charge in [-0.15, -0.1) is 0 Å². The van der Waals surface area contributed by atoms with E-state index in [1.165, 1.54) is 31.7 Å². The summed E-state index contributed by atoms with van der Waals surface area (Å²) in [6.07, 6.45) is 7.06. The first kappa shape index (κ1) is 15.7. The molecule has 0 unspecified atom stereocenters. The summed E-state index contributed by atoms with van der Waals surface area (Å²) in [4.78, 5) is 18.4. The Labute approximate surface area is 116 Å². The maximum absolute atomic E-state index is 11.4. The molecule has 1 aromatic heterocycles. The third kappa shape index (κ3) is 6.99. The number of aryl methyl sites for hydroxylation is 1. The van der Waals surface area contributed by atoms with Gasteiger partial charge < -0.3 is 10.3 Å². The van der Waals surface area contributed by atoms with Gasteiger partial charge in [0.15, 0.2) is 0 Å². The molecule has 4 heteroatoms. The lowest BCUT2D eigenvalue weighted by atomic mass is 10.0. The lowest BCUT2D eigenvalue weighted by Crippen LogP contribution is -2.13. The fourth-order valence-electron chi connectivity index (χ4n) is 2.01. The van der Waals surface area contributed by atoms with Crippen LogP contribution in [0.15, 0.2) is 10.9 Å². The van der Waals surface area contributed by atoms with Crippen molar-refractivity contribution < 1.29 is 0 Å². The molecule has 0 amide bonds. The zero-order valence-corrected chi connectivity index (χ0v) is 12.5. The van der Waals surface area contributed by atoms with Crippen LogP contribution in [0.1, 0.15) is 58.7 Å². The molecule has 0 spiro atoms. The molecular weight excluding hydrogens is 238 g/mol. The zero-order valence-electron chi connectivity index (χ0n) is 12.5. The number of aromatic amines is 1. The lowest BCUT2D eigenvalue weighted by Gasteiger charge is -2.07. The maximum atomic E-state index is 11.4. The fourth-order valence-corrected chi connectivity index (χ4v) is 2.01. The van der Waals surface area contributed by atoms with Crippen molar-refractivity contribution >= 4 is 5.82 Å². The van der Waals surface area contributed by atoms with E-state index in [-0.39, 0.29) is 5.56 Å². The molecule has 19 heavy (non-hydrogen) atoms. The molecule has 0 saturated carbocycles. The van der Waals surface area contributed by atoms with Crippen molar-refractivity contribution in [2.45, 2.75) is 59.3 Å². The van der Waals surface area contributed by atoms with E-state index in [9.17, 15) is 4.79 Å². The predicted molar refractivity (Wildman–Crippen MR) is 80.6 cm³/mol. The number of H-pyrrole nitrogens is 1. The summed E-state index contributed by atoms with van der Waals surface area (Å²) in [5.41, 5.74) is -0.0775. The molecule has 1 heterocycles. The van der Waals surface area contributed by atoms with Crippen LogP contribution < -0.4 is 10.9 Å². The number of hydrogen-bond acceptors (Lipinski definition) is 3. The van der Waals surface area contributed by atoms with E-state index in [0.29, 0.717) is 5.82 Å². The summed E-state index contributed by atoms with van der Waals surface area (Å²) < 4.78 is 0. The Kier molecular flexibility index (Phi) is 7.23. The number of anilines is 1. The molecule has 0 fully saturated rings. The van der Waals surface area contributed by atoms with E-state index >= 15 is 0 Å². The second-order valence-electron chi connectivity index (χ2n) is 5.45. The molecule has 1 rings (SSSR count). The van der Waals surface area contributed by atoms with Gasteiger partial charge in [0.25, 0.3) is 5.56 Å². The molecule has 0 bridgehead atoms. The van der Waals surface area contributed by atoms with Gasteiger partial charge in [-0.1, -0.05) is 46.5 Å². The van der Waals surface area contributed by atoms with Crippen molar-refractivity contribution in [2.24, 2.45) is 5.92 Å². The highest BCUT2D eigenvalue weighted by atomic mass is 16.1. The second kappa shape index (κ2) is 8.73. The molecule has 1 aromatic rings. The van der Waals surface area contributed by atoms with Crippen molar-refractivity contribution in [2.75, 3.05) is 11.9 Å². The molecule has 0 aliphatic rings. The third-order valence-corrected chi connectivity index (χ3v) is 3.14. The van der Waals surface area contributed by atoms with Crippen molar-refractivity contribution in [3.63, 3.8) is 0 Å². The van der Waals surface area contributed by atoms with Crippen LogP contribution in [0.5, 0.6) is 0 Å². The molecule has 0 aliphatic heterocycles. The van der Waals surface area contributed by atoms with Crippen LogP contribution in [0, 0.1) is 5.92 Å². The van der Waals surface area contributed by atoms with Gasteiger partial charge in [-0.3, -0.25) is 4.79 Å². The molecule has 0 atom stereocenters. The van der Waals surface area contributed by atoms with Gasteiger partial charge in [0.1, 0.15) is 11.6 Å². The average molecular weight is 265 g/mol. The van der Waals surface area contributed by atoms with Crippen LogP contribution in [0.3, 0.4) is 0 Å². The van der Waals surface area contributed by atoms with E-state index < -0.39 is 0 Å². The summed E-state index contributed by atoms with van der Waals surface area (Å²) in [6, 6.07) is 1.53. The van der Waals surface area contributed by atoms with Gasteiger partial charge in [-0.2, -0.15) is 0 Å². The topological polar surface area (TPSA) is 57.8 Å². The highest BCUT2D eigenvalue weighted by Gasteiger charge is 1.99. The van der Waals surface area contributed by atoms with E-state index in [0.717, 1.165) is 31.1 Å². The monoisotopic (exact) mass is 265 g/mol. The van der Waals surface area contributed by atoms with Gasteiger partial charge in [-0.25, -0.2) is 4.98 Å². The van der Waals surface area contributed by atoms with Crippen LogP contribution in [0.4, 0.5) is 5.82 Å². The largest absolute Gasteiger partial charge is 0.370 e. The number of hydrogen-bond donors (Lipinski definition) is 2. The molecule has 4 nitrogen and oxygen atoms in total. The van der Waals surface area contributed by atoms with Gasteiger partial charge in [0.05, 0.1) is 0 Å². The van der Waals surface area contributed by atoms with Gasteiger partial charge in [0, 0.05) is 19.0 Å². The van der Waals surface area contributed by atoms with Crippen LogP contribution in [-0.4, -0.2) is 16.5 Å². The minimum Gasteiger partial charge on any atom is -0.370 e. The van der Waals surface area contributed by atoms with Crippen LogP contribution in [0.2, 0.25) is 0 Å². The average Bonchev–Trinajstić information content (AvgIpc) is 2.36. The highest BCUT2D eigenvalue weighted by molar-refractivity contribution is 5.32. The standard InChI is InChI=1S/C15H27N3O/c1-4-13-17-14(11-15(19)18-13)16-10-8-6-5-7-9-12(2)3/h11-12H,4-10H2,1-3H3,(H2,16,17,18,19). The predicted octanol–water partition coefficient (Wildman–Crippen LogP) is 3.35. The smallest absolute Gasteiger partial charge is 0.252 e. The second-order valence-corrected chi connectivity index (χ2v) is 5.45. The zero-order chi connectivity index (χ0) is 14.1. The van der Waals surface area contributed by atoms with Crippen molar-refractivity contribution in [1.82, 2.24) is 9.97 Å². The molecule has 108 valence electrons. The van der Waals surface area contributed by atoms with Crippen molar-refractivity contribution in [3.05, 3.63) is 22.2 Å². The normalized spacial score (nSPS) is 10.9. The van der Waals surface area contributed by atoms with Gasteiger partial charge >= 0.3 is 0 Å². The first-order chi connectivity index (χ1) is 9.11. The quantitative estimate of drug-likeness (QED) is 0.673. The van der Waals surface area contributed by atoms with Crippen molar-refractivity contribution in [3.8, 4) is 0 Å². The fraction of sp³-hybridized carbons (Fsp3) is 0.733. The number of aromatic nitrogens is 2. The van der Waals surface area contributed by atoms with E-state index in [4.69, 9.17) is 0 Å². The van der Waals surface area contributed by atoms with Crippen LogP contribution in [0.25, 0.3) is 0 Å². The number of nitrogens with zero attached hydrogens (tertiary/aromatic N) is 1. The Hall–Kier alpha value is -1.32.